The molecule has 2 amide bonds. The van der Waals surface area contributed by atoms with E-state index >= 15 is 0 Å². The maximum absolute atomic E-state index is 13.7. The lowest BCUT2D eigenvalue weighted by atomic mass is 10.1. The predicted octanol–water partition coefficient (Wildman–Crippen LogP) is 4.52. The minimum Gasteiger partial charge on any atom is -0.330 e. The molecule has 0 spiro atoms. The summed E-state index contributed by atoms with van der Waals surface area (Å²) in [6.07, 6.45) is 1.87. The number of allylic oxidation sites excluding steroid dienone is 1. The van der Waals surface area contributed by atoms with Gasteiger partial charge in [0.1, 0.15) is 12.4 Å². The highest BCUT2D eigenvalue weighted by molar-refractivity contribution is 5.99. The van der Waals surface area contributed by atoms with E-state index in [-0.39, 0.29) is 6.54 Å². The second-order valence-corrected chi connectivity index (χ2v) is 6.37. The highest BCUT2D eigenvalue weighted by Crippen LogP contribution is 2.20. The highest BCUT2D eigenvalue weighted by Gasteiger charge is 2.19. The number of amides is 2. The van der Waals surface area contributed by atoms with Crippen molar-refractivity contribution in [3.05, 3.63) is 71.3 Å². The molecule has 2 aromatic rings. The third-order valence-electron chi connectivity index (χ3n) is 4.09. The second-order valence-electron chi connectivity index (χ2n) is 6.37. The van der Waals surface area contributed by atoms with Crippen LogP contribution in [0.15, 0.2) is 42.5 Å². The summed E-state index contributed by atoms with van der Waals surface area (Å²) in [4.78, 5) is 26.0. The number of carbonyl (C=O) groups is 2. The quantitative estimate of drug-likeness (QED) is 0.416. The molecular weight excluding hydrogens is 388 g/mol. The SMILES string of the molecule is CCCN(CC(=O)Nc1ccc(F)c(F)c1F)C(=O)/C=C(\C)c1ccc(F)cc1. The van der Waals surface area contributed by atoms with E-state index in [0.29, 0.717) is 23.6 Å². The van der Waals surface area contributed by atoms with E-state index < -0.39 is 47.3 Å². The smallest absolute Gasteiger partial charge is 0.247 e. The van der Waals surface area contributed by atoms with Crippen LogP contribution in [0.5, 0.6) is 0 Å². The van der Waals surface area contributed by atoms with E-state index in [9.17, 15) is 27.2 Å². The maximum atomic E-state index is 13.7. The molecular formula is C21H20F4N2O2. The van der Waals surface area contributed by atoms with Crippen LogP contribution in [-0.2, 0) is 9.59 Å². The van der Waals surface area contributed by atoms with Gasteiger partial charge in [0.25, 0.3) is 0 Å². The van der Waals surface area contributed by atoms with Gasteiger partial charge in [-0.15, -0.1) is 0 Å². The minimum atomic E-state index is -1.69. The van der Waals surface area contributed by atoms with Crippen LogP contribution in [0.4, 0.5) is 23.2 Å². The number of nitrogens with zero attached hydrogens (tertiary/aromatic N) is 1. The number of carbonyl (C=O) groups excluding carboxylic acids is 2. The van der Waals surface area contributed by atoms with Crippen molar-refractivity contribution in [2.24, 2.45) is 0 Å². The monoisotopic (exact) mass is 408 g/mol. The zero-order valence-corrected chi connectivity index (χ0v) is 15.9. The fourth-order valence-electron chi connectivity index (χ4n) is 2.60. The van der Waals surface area contributed by atoms with Crippen molar-refractivity contribution in [1.82, 2.24) is 4.90 Å². The molecule has 0 aliphatic carbocycles. The van der Waals surface area contributed by atoms with Crippen LogP contribution in [0, 0.1) is 23.3 Å². The van der Waals surface area contributed by atoms with Crippen LogP contribution in [0.3, 0.4) is 0 Å². The number of benzene rings is 2. The van der Waals surface area contributed by atoms with Gasteiger partial charge in [0.05, 0.1) is 5.69 Å². The first-order valence-corrected chi connectivity index (χ1v) is 8.89. The van der Waals surface area contributed by atoms with Crippen molar-refractivity contribution in [2.45, 2.75) is 20.3 Å². The number of rotatable bonds is 7. The van der Waals surface area contributed by atoms with Gasteiger partial charge in [-0.3, -0.25) is 9.59 Å². The van der Waals surface area contributed by atoms with Crippen LogP contribution in [0.2, 0.25) is 0 Å². The van der Waals surface area contributed by atoms with Crippen molar-refractivity contribution < 1.29 is 27.2 Å². The minimum absolute atomic E-state index is 0.250. The van der Waals surface area contributed by atoms with Gasteiger partial charge in [-0.05, 0) is 48.7 Å². The van der Waals surface area contributed by atoms with Crippen LogP contribution < -0.4 is 5.32 Å². The number of nitrogens with one attached hydrogen (secondary N) is 1. The molecule has 4 nitrogen and oxygen atoms in total. The van der Waals surface area contributed by atoms with Gasteiger partial charge in [-0.25, -0.2) is 17.6 Å². The summed E-state index contributed by atoms with van der Waals surface area (Å²) in [5, 5.41) is 2.14. The summed E-state index contributed by atoms with van der Waals surface area (Å²) in [6.45, 7) is 3.33. The first kappa shape index (κ1) is 22.1. The third-order valence-corrected chi connectivity index (χ3v) is 4.09. The number of hydrogen-bond donors (Lipinski definition) is 1. The predicted molar refractivity (Wildman–Crippen MR) is 102 cm³/mol. The van der Waals surface area contributed by atoms with Crippen LogP contribution in [0.1, 0.15) is 25.8 Å². The zero-order chi connectivity index (χ0) is 21.6. The van der Waals surface area contributed by atoms with E-state index in [1.807, 2.05) is 6.92 Å². The molecule has 8 heteroatoms. The van der Waals surface area contributed by atoms with E-state index in [2.05, 4.69) is 5.32 Å². The lowest BCUT2D eigenvalue weighted by Gasteiger charge is -2.20. The molecule has 0 bridgehead atoms. The van der Waals surface area contributed by atoms with Crippen molar-refractivity contribution in [3.63, 3.8) is 0 Å². The van der Waals surface area contributed by atoms with E-state index in [1.54, 1.807) is 6.92 Å². The molecule has 0 radical (unpaired) electrons. The molecule has 0 unspecified atom stereocenters. The highest BCUT2D eigenvalue weighted by atomic mass is 19.2. The summed E-state index contributed by atoms with van der Waals surface area (Å²) in [6, 6.07) is 7.18. The van der Waals surface area contributed by atoms with Gasteiger partial charge in [-0.1, -0.05) is 19.1 Å². The molecule has 0 saturated carbocycles. The fourth-order valence-corrected chi connectivity index (χ4v) is 2.60. The molecule has 29 heavy (non-hydrogen) atoms. The zero-order valence-electron chi connectivity index (χ0n) is 15.9. The van der Waals surface area contributed by atoms with Crippen molar-refractivity contribution in [1.29, 1.82) is 0 Å². The fraction of sp³-hybridized carbons (Fsp3) is 0.238. The topological polar surface area (TPSA) is 49.4 Å². The third kappa shape index (κ3) is 5.91. The van der Waals surface area contributed by atoms with Gasteiger partial charge >= 0.3 is 0 Å². The first-order valence-electron chi connectivity index (χ1n) is 8.89. The Labute approximate surface area is 165 Å². The Morgan fingerprint density at radius 1 is 1.00 bits per heavy atom. The Kier molecular flexibility index (Phi) is 7.52. The first-order chi connectivity index (χ1) is 13.7. The largest absolute Gasteiger partial charge is 0.330 e. The van der Waals surface area contributed by atoms with Crippen molar-refractivity contribution >= 4 is 23.1 Å². The molecule has 0 saturated heterocycles. The molecule has 154 valence electrons. The Hall–Kier alpha value is -3.16. The van der Waals surface area contributed by atoms with Crippen molar-refractivity contribution in [2.75, 3.05) is 18.4 Å². The molecule has 2 aromatic carbocycles. The molecule has 1 N–H and O–H groups in total. The average molecular weight is 408 g/mol. The summed E-state index contributed by atoms with van der Waals surface area (Å²) in [7, 11) is 0. The summed E-state index contributed by atoms with van der Waals surface area (Å²) >= 11 is 0. The Balaban J connectivity index is 2.11. The summed E-state index contributed by atoms with van der Waals surface area (Å²) in [5.74, 6) is -6.20. The Morgan fingerprint density at radius 2 is 1.66 bits per heavy atom. The van der Waals surface area contributed by atoms with E-state index in [0.717, 1.165) is 6.07 Å². The lowest BCUT2D eigenvalue weighted by Crippen LogP contribution is -2.37. The Morgan fingerprint density at radius 3 is 2.28 bits per heavy atom. The van der Waals surface area contributed by atoms with Gasteiger partial charge < -0.3 is 10.2 Å². The number of anilines is 1. The Bertz CT molecular complexity index is 927. The van der Waals surface area contributed by atoms with Crippen LogP contribution in [0.25, 0.3) is 5.57 Å². The molecule has 0 heterocycles. The molecule has 0 aliphatic heterocycles. The molecule has 0 atom stereocenters. The van der Waals surface area contributed by atoms with Crippen molar-refractivity contribution in [3.8, 4) is 0 Å². The average Bonchev–Trinajstić information content (AvgIpc) is 2.68. The molecule has 0 fully saturated rings. The molecule has 0 aliphatic rings. The van der Waals surface area contributed by atoms with Crippen LogP contribution in [-0.4, -0.2) is 29.8 Å². The van der Waals surface area contributed by atoms with Gasteiger partial charge in [0.2, 0.25) is 11.8 Å². The van der Waals surface area contributed by atoms with Crippen LogP contribution >= 0.6 is 0 Å². The second kappa shape index (κ2) is 9.86. The van der Waals surface area contributed by atoms with Gasteiger partial charge in [0.15, 0.2) is 17.5 Å². The van der Waals surface area contributed by atoms with E-state index in [1.165, 1.54) is 35.2 Å². The maximum Gasteiger partial charge on any atom is 0.247 e. The van der Waals surface area contributed by atoms with E-state index in [4.69, 9.17) is 0 Å². The summed E-state index contributed by atoms with van der Waals surface area (Å²) in [5.41, 5.74) is 0.698. The summed E-state index contributed by atoms with van der Waals surface area (Å²) < 4.78 is 53.0. The van der Waals surface area contributed by atoms with Gasteiger partial charge in [0, 0.05) is 12.6 Å². The normalized spacial score (nSPS) is 11.3. The lowest BCUT2D eigenvalue weighted by molar-refractivity contribution is -0.130. The van der Waals surface area contributed by atoms with Gasteiger partial charge in [-0.2, -0.15) is 0 Å². The molecule has 2 rings (SSSR count). The standard InChI is InChI=1S/C21H20F4N2O2/c1-3-10-27(19(29)11-13(2)14-4-6-15(22)7-5-14)12-18(28)26-17-9-8-16(23)20(24)21(17)25/h4-9,11H,3,10,12H2,1-2H3,(H,26,28)/b13-11+. The molecule has 0 aromatic heterocycles. The number of hydrogen-bond acceptors (Lipinski definition) is 2. The number of halogens is 4.